The van der Waals surface area contributed by atoms with Crippen LogP contribution < -0.4 is 15.0 Å². The Hall–Kier alpha value is -4.81. The molecule has 0 spiro atoms. The third-order valence-corrected chi connectivity index (χ3v) is 7.77. The molecule has 6 rings (SSSR count). The van der Waals surface area contributed by atoms with Crippen LogP contribution in [-0.4, -0.2) is 27.9 Å². The summed E-state index contributed by atoms with van der Waals surface area (Å²) >= 11 is 7.09. The number of non-ortho nitro benzene ring substituents is 1. The molecule has 0 aliphatic carbocycles. The molecule has 0 aliphatic heterocycles. The van der Waals surface area contributed by atoms with Crippen LogP contribution in [0.15, 0.2) is 108 Å². The van der Waals surface area contributed by atoms with Crippen LogP contribution in [0.25, 0.3) is 33.5 Å². The second-order valence-electron chi connectivity index (χ2n) is 9.32. The number of para-hydroxylation sites is 1. The van der Waals surface area contributed by atoms with Crippen LogP contribution in [0.2, 0.25) is 0 Å². The molecule has 214 valence electrons. The van der Waals surface area contributed by atoms with E-state index in [1.807, 2.05) is 24.3 Å². The number of fused-ring (bicyclic) bond motifs is 2. The van der Waals surface area contributed by atoms with E-state index in [2.05, 4.69) is 37.0 Å². The van der Waals surface area contributed by atoms with Crippen molar-refractivity contribution in [1.29, 1.82) is 0 Å². The first-order chi connectivity index (χ1) is 20.8. The van der Waals surface area contributed by atoms with Crippen molar-refractivity contribution < 1.29 is 18.8 Å². The van der Waals surface area contributed by atoms with Gasteiger partial charge in [0.25, 0.3) is 11.2 Å². The first kappa shape index (κ1) is 28.3. The maximum Gasteiger partial charge on any atom is 0.282 e. The van der Waals surface area contributed by atoms with Crippen molar-refractivity contribution in [3.63, 3.8) is 0 Å². The van der Waals surface area contributed by atoms with Crippen molar-refractivity contribution in [2.75, 3.05) is 7.11 Å². The van der Waals surface area contributed by atoms with E-state index < -0.39 is 4.92 Å². The minimum absolute atomic E-state index is 0.0127. The summed E-state index contributed by atoms with van der Waals surface area (Å²) in [7, 11) is 1.58. The fourth-order valence-electron chi connectivity index (χ4n) is 4.50. The molecule has 0 saturated carbocycles. The molecule has 0 N–H and O–H groups in total. The van der Waals surface area contributed by atoms with Gasteiger partial charge < -0.3 is 13.9 Å². The molecule has 0 atom stereocenters. The van der Waals surface area contributed by atoms with Crippen LogP contribution in [0.4, 0.5) is 5.69 Å². The molecule has 12 heteroatoms. The van der Waals surface area contributed by atoms with Gasteiger partial charge >= 0.3 is 0 Å². The lowest BCUT2D eigenvalue weighted by Gasteiger charge is -2.11. The zero-order valence-electron chi connectivity index (χ0n) is 22.4. The quantitative estimate of drug-likeness (QED) is 0.0904. The van der Waals surface area contributed by atoms with Crippen molar-refractivity contribution in [2.24, 2.45) is 5.10 Å². The Kier molecular flexibility index (Phi) is 7.78. The van der Waals surface area contributed by atoms with E-state index in [9.17, 15) is 14.9 Å². The van der Waals surface area contributed by atoms with E-state index in [-0.39, 0.29) is 23.7 Å². The Morgan fingerprint density at radius 2 is 1.74 bits per heavy atom. The van der Waals surface area contributed by atoms with Crippen LogP contribution in [0.1, 0.15) is 11.1 Å². The van der Waals surface area contributed by atoms with Crippen LogP contribution in [-0.2, 0) is 6.61 Å². The number of hydrogen-bond donors (Lipinski definition) is 0. The smallest absolute Gasteiger partial charge is 0.282 e. The number of halogens is 2. The fourth-order valence-corrected chi connectivity index (χ4v) is 5.95. The maximum absolute atomic E-state index is 13.6. The lowest BCUT2D eigenvalue weighted by molar-refractivity contribution is -0.384. The molecule has 0 radical (unpaired) electrons. The summed E-state index contributed by atoms with van der Waals surface area (Å²) in [5, 5.41) is 16.6. The van der Waals surface area contributed by atoms with Gasteiger partial charge in [-0.05, 0) is 97.6 Å². The first-order valence-electron chi connectivity index (χ1n) is 12.8. The highest BCUT2D eigenvalue weighted by Crippen LogP contribution is 2.36. The zero-order valence-corrected chi connectivity index (χ0v) is 25.5. The minimum atomic E-state index is -0.447. The van der Waals surface area contributed by atoms with Crippen LogP contribution >= 0.6 is 31.9 Å². The number of ether oxygens (including phenoxy) is 2. The Balaban J connectivity index is 1.35. The largest absolute Gasteiger partial charge is 0.496 e. The van der Waals surface area contributed by atoms with Crippen LogP contribution in [0, 0.1) is 10.1 Å². The number of furan rings is 1. The van der Waals surface area contributed by atoms with Gasteiger partial charge in [0.1, 0.15) is 23.7 Å². The van der Waals surface area contributed by atoms with Crippen molar-refractivity contribution in [2.45, 2.75) is 6.61 Å². The molecule has 2 aromatic heterocycles. The van der Waals surface area contributed by atoms with Gasteiger partial charge in [0, 0.05) is 12.1 Å². The standard InChI is InChI=1S/C31H20Br2N4O6/c1-41-26-7-4-8-27-22(26)15-28(43-27)30-35-25-6-3-2-5-21(25)31(38)36(30)34-16-19-13-23(32)29(24(33)14-19)42-17-18-9-11-20(12-10-18)37(39)40/h2-16H,17H2,1H3. The number of nitro benzene ring substituents is 1. The molecule has 0 aliphatic rings. The van der Waals surface area contributed by atoms with Gasteiger partial charge in [0.15, 0.2) is 5.76 Å². The molecule has 6 aromatic rings. The summed E-state index contributed by atoms with van der Waals surface area (Å²) in [5.74, 6) is 1.77. The number of aromatic nitrogens is 2. The number of nitrogens with zero attached hydrogens (tertiary/aromatic N) is 4. The van der Waals surface area contributed by atoms with Gasteiger partial charge in [-0.25, -0.2) is 4.98 Å². The lowest BCUT2D eigenvalue weighted by Crippen LogP contribution is -2.20. The van der Waals surface area contributed by atoms with E-state index in [1.165, 1.54) is 16.8 Å². The Bertz CT molecular complexity index is 2080. The van der Waals surface area contributed by atoms with Gasteiger partial charge in [0.2, 0.25) is 5.82 Å². The van der Waals surface area contributed by atoms with Gasteiger partial charge in [0.05, 0.1) is 43.5 Å². The highest BCUT2D eigenvalue weighted by Gasteiger charge is 2.18. The number of methoxy groups -OCH3 is 1. The molecule has 0 bridgehead atoms. The summed E-state index contributed by atoms with van der Waals surface area (Å²) < 4.78 is 20.0. The van der Waals surface area contributed by atoms with Gasteiger partial charge in [-0.2, -0.15) is 9.78 Å². The van der Waals surface area contributed by atoms with Gasteiger partial charge in [-0.15, -0.1) is 0 Å². The second kappa shape index (κ2) is 11.8. The maximum atomic E-state index is 13.6. The Morgan fingerprint density at radius 1 is 1.00 bits per heavy atom. The van der Waals surface area contributed by atoms with E-state index in [4.69, 9.17) is 18.9 Å². The van der Waals surface area contributed by atoms with Crippen LogP contribution in [0.3, 0.4) is 0 Å². The van der Waals surface area contributed by atoms with E-state index >= 15 is 0 Å². The highest BCUT2D eigenvalue weighted by atomic mass is 79.9. The lowest BCUT2D eigenvalue weighted by atomic mass is 10.2. The van der Waals surface area contributed by atoms with Crippen LogP contribution in [0.5, 0.6) is 11.5 Å². The normalized spacial score (nSPS) is 11.4. The summed E-state index contributed by atoms with van der Waals surface area (Å²) in [4.78, 5) is 28.8. The molecule has 10 nitrogen and oxygen atoms in total. The van der Waals surface area contributed by atoms with E-state index in [1.54, 1.807) is 61.9 Å². The predicted octanol–water partition coefficient (Wildman–Crippen LogP) is 7.71. The molecule has 0 saturated heterocycles. The zero-order chi connectivity index (χ0) is 30.1. The molecule has 0 amide bonds. The Morgan fingerprint density at radius 3 is 2.47 bits per heavy atom. The monoisotopic (exact) mass is 702 g/mol. The molecule has 4 aromatic carbocycles. The summed E-state index contributed by atoms with van der Waals surface area (Å²) in [6.45, 7) is 0.201. The summed E-state index contributed by atoms with van der Waals surface area (Å²) in [6.07, 6.45) is 1.54. The first-order valence-corrected chi connectivity index (χ1v) is 14.4. The molecular formula is C31H20Br2N4O6. The Labute approximate surface area is 260 Å². The van der Waals surface area contributed by atoms with E-state index in [0.29, 0.717) is 48.3 Å². The topological polar surface area (TPSA) is 122 Å². The van der Waals surface area contributed by atoms with Crippen molar-refractivity contribution in [3.05, 3.63) is 125 Å². The third-order valence-electron chi connectivity index (χ3n) is 6.59. The number of benzene rings is 4. The minimum Gasteiger partial charge on any atom is -0.496 e. The van der Waals surface area contributed by atoms with Gasteiger partial charge in [-0.3, -0.25) is 14.9 Å². The van der Waals surface area contributed by atoms with Crippen molar-refractivity contribution in [1.82, 2.24) is 9.66 Å². The number of hydrogen-bond acceptors (Lipinski definition) is 8. The average molecular weight is 704 g/mol. The number of rotatable bonds is 8. The summed E-state index contributed by atoms with van der Waals surface area (Å²) in [6, 6.07) is 24.0. The predicted molar refractivity (Wildman–Crippen MR) is 170 cm³/mol. The van der Waals surface area contributed by atoms with E-state index in [0.717, 1.165) is 10.9 Å². The summed E-state index contributed by atoms with van der Waals surface area (Å²) in [5.41, 5.74) is 2.20. The highest BCUT2D eigenvalue weighted by molar-refractivity contribution is 9.11. The molecular weight excluding hydrogens is 684 g/mol. The third kappa shape index (κ3) is 5.66. The molecule has 0 fully saturated rings. The SMILES string of the molecule is COc1cccc2oc(-c3nc4ccccc4c(=O)n3N=Cc3cc(Br)c(OCc4ccc([N+](=O)[O-])cc4)c(Br)c3)cc12. The molecule has 0 unspecified atom stereocenters. The van der Waals surface area contributed by atoms with Crippen molar-refractivity contribution in [3.8, 4) is 23.1 Å². The molecule has 43 heavy (non-hydrogen) atoms. The second-order valence-corrected chi connectivity index (χ2v) is 11.0. The number of nitro groups is 1. The fraction of sp³-hybridized carbons (Fsp3) is 0.0645. The average Bonchev–Trinajstić information content (AvgIpc) is 3.45. The molecule has 2 heterocycles. The van der Waals surface area contributed by atoms with Crippen molar-refractivity contribution >= 4 is 65.6 Å². The van der Waals surface area contributed by atoms with Gasteiger partial charge in [-0.1, -0.05) is 18.2 Å².